The second-order valence-corrected chi connectivity index (χ2v) is 12.3. The first kappa shape index (κ1) is 21.4. The lowest BCUT2D eigenvalue weighted by Crippen LogP contribution is -2.37. The van der Waals surface area contributed by atoms with Crippen molar-refractivity contribution in [2.24, 2.45) is 0 Å². The molecule has 0 aliphatic heterocycles. The van der Waals surface area contributed by atoms with E-state index in [0.717, 1.165) is 10.5 Å². The van der Waals surface area contributed by atoms with E-state index >= 15 is 0 Å². The van der Waals surface area contributed by atoms with Gasteiger partial charge in [-0.2, -0.15) is 0 Å². The second kappa shape index (κ2) is 15.3. The number of hydrogen-bond acceptors (Lipinski definition) is 1. The molecule has 0 rings (SSSR count). The van der Waals surface area contributed by atoms with Gasteiger partial charge in [-0.15, -0.1) is 0 Å². The van der Waals surface area contributed by atoms with Crippen molar-refractivity contribution in [3.8, 4) is 0 Å². The highest BCUT2D eigenvalue weighted by atomic mass is 28.4. The van der Waals surface area contributed by atoms with Gasteiger partial charge in [0.15, 0.2) is 8.32 Å². The van der Waals surface area contributed by atoms with E-state index in [2.05, 4.69) is 20.8 Å². The monoisotopic (exact) mass is 330 g/mol. The second-order valence-electron chi connectivity index (χ2n) is 6.82. The van der Waals surface area contributed by atoms with Crippen molar-refractivity contribution in [2.75, 3.05) is 0 Å². The van der Waals surface area contributed by atoms with Gasteiger partial charge in [0.25, 0.3) is 0 Å². The Bertz CT molecular complexity index is 178. The fraction of sp³-hybridized carbons (Fsp3) is 1.00. The minimum absolute atomic E-state index is 0.966. The molecular weight excluding hydrogens is 288 g/mol. The van der Waals surface area contributed by atoms with Crippen molar-refractivity contribution in [1.82, 2.24) is 0 Å². The van der Waals surface area contributed by atoms with Crippen LogP contribution in [0.4, 0.5) is 0 Å². The van der Waals surface area contributed by atoms with Crippen LogP contribution in [-0.4, -0.2) is 18.8 Å². The Morgan fingerprint density at radius 3 is 1.14 bits per heavy atom. The average molecular weight is 331 g/mol. The highest BCUT2D eigenvalue weighted by Crippen LogP contribution is 2.30. The van der Waals surface area contributed by atoms with Crippen LogP contribution < -0.4 is 0 Å². The third kappa shape index (κ3) is 11.6. The van der Waals surface area contributed by atoms with E-state index in [1.165, 1.54) is 95.2 Å². The van der Waals surface area contributed by atoms with Gasteiger partial charge in [-0.3, -0.25) is 0 Å². The zero-order valence-electron chi connectivity index (χ0n) is 15.5. The first-order valence-electron chi connectivity index (χ1n) is 9.79. The van der Waals surface area contributed by atoms with E-state index in [4.69, 9.17) is 4.12 Å². The Balaban J connectivity index is 4.22. The molecule has 0 aliphatic carbocycles. The standard InChI is InChI=1S/C18H42OSi2/c1-4-7-10-13-16-21(19-20,17-14-11-8-5-2)18-15-12-9-6-3/h4-18H2,1-3,20H3. The molecule has 0 radical (unpaired) electrons. The third-order valence-corrected chi connectivity index (χ3v) is 12.1. The van der Waals surface area contributed by atoms with Crippen LogP contribution >= 0.6 is 0 Å². The fourth-order valence-electron chi connectivity index (χ4n) is 3.30. The summed E-state index contributed by atoms with van der Waals surface area (Å²) < 4.78 is 6.36. The quantitative estimate of drug-likeness (QED) is 0.250. The summed E-state index contributed by atoms with van der Waals surface area (Å²) in [6, 6.07) is 4.36. The highest BCUT2D eigenvalue weighted by molar-refractivity contribution is 6.76. The molecule has 0 aromatic carbocycles. The van der Waals surface area contributed by atoms with Gasteiger partial charge in [-0.25, -0.2) is 0 Å². The Morgan fingerprint density at radius 1 is 0.571 bits per heavy atom. The van der Waals surface area contributed by atoms with Gasteiger partial charge in [0.2, 0.25) is 0 Å². The SMILES string of the molecule is CCCCCC[Si](CCCCCC)(CCCCCC)O[SiH3]. The molecule has 0 N–H and O–H groups in total. The summed E-state index contributed by atoms with van der Waals surface area (Å²) in [7, 11) is -0.392. The van der Waals surface area contributed by atoms with Crippen LogP contribution in [0.3, 0.4) is 0 Å². The molecule has 0 spiro atoms. The molecule has 0 heterocycles. The number of hydrogen-bond donors (Lipinski definition) is 0. The average Bonchev–Trinajstić information content (AvgIpc) is 2.51. The molecule has 0 aromatic rings. The lowest BCUT2D eigenvalue weighted by atomic mass is 10.2. The van der Waals surface area contributed by atoms with Crippen LogP contribution in [0.5, 0.6) is 0 Å². The lowest BCUT2D eigenvalue weighted by molar-refractivity contribution is 0.540. The molecule has 0 aliphatic rings. The van der Waals surface area contributed by atoms with Gasteiger partial charge >= 0.3 is 0 Å². The molecule has 0 amide bonds. The maximum Gasteiger partial charge on any atom is 0.178 e. The topological polar surface area (TPSA) is 9.23 Å². The summed E-state index contributed by atoms with van der Waals surface area (Å²) in [6.07, 6.45) is 16.9. The fourth-order valence-corrected chi connectivity index (χ4v) is 9.19. The minimum Gasteiger partial charge on any atom is -0.463 e. The number of rotatable bonds is 16. The van der Waals surface area contributed by atoms with Crippen LogP contribution in [0.2, 0.25) is 18.1 Å². The maximum atomic E-state index is 6.36. The molecule has 0 saturated heterocycles. The molecule has 21 heavy (non-hydrogen) atoms. The first-order chi connectivity index (χ1) is 10.2. The van der Waals surface area contributed by atoms with Crippen LogP contribution in [0.1, 0.15) is 97.8 Å². The van der Waals surface area contributed by atoms with Crippen molar-refractivity contribution < 1.29 is 4.12 Å². The van der Waals surface area contributed by atoms with Gasteiger partial charge < -0.3 is 4.12 Å². The van der Waals surface area contributed by atoms with Crippen molar-refractivity contribution in [3.63, 3.8) is 0 Å². The minimum atomic E-state index is -1.36. The van der Waals surface area contributed by atoms with Crippen LogP contribution in [0, 0.1) is 0 Å². The van der Waals surface area contributed by atoms with Crippen LogP contribution in [0.15, 0.2) is 0 Å². The smallest absolute Gasteiger partial charge is 0.178 e. The number of unbranched alkanes of at least 4 members (excludes halogenated alkanes) is 9. The zero-order valence-corrected chi connectivity index (χ0v) is 18.5. The molecular formula is C18H42OSi2. The maximum absolute atomic E-state index is 6.36. The summed E-state index contributed by atoms with van der Waals surface area (Å²) in [4.78, 5) is 0. The van der Waals surface area contributed by atoms with E-state index in [9.17, 15) is 0 Å². The van der Waals surface area contributed by atoms with E-state index in [1.807, 2.05) is 0 Å². The van der Waals surface area contributed by atoms with Crippen molar-refractivity contribution >= 4 is 18.8 Å². The van der Waals surface area contributed by atoms with Crippen LogP contribution in [-0.2, 0) is 4.12 Å². The zero-order chi connectivity index (χ0) is 15.8. The summed E-state index contributed by atoms with van der Waals surface area (Å²) >= 11 is 0. The molecule has 0 bridgehead atoms. The molecule has 0 atom stereocenters. The van der Waals surface area contributed by atoms with Crippen molar-refractivity contribution in [3.05, 3.63) is 0 Å². The summed E-state index contributed by atoms with van der Waals surface area (Å²) in [5, 5.41) is 0. The molecule has 0 saturated carbocycles. The van der Waals surface area contributed by atoms with Gasteiger partial charge in [-0.1, -0.05) is 97.8 Å². The molecule has 0 unspecified atom stereocenters. The summed E-state index contributed by atoms with van der Waals surface area (Å²) in [5.74, 6) is 0. The molecule has 1 nitrogen and oxygen atoms in total. The van der Waals surface area contributed by atoms with E-state index in [1.54, 1.807) is 0 Å². The molecule has 0 aromatic heterocycles. The first-order valence-corrected chi connectivity index (χ1v) is 13.1. The predicted octanol–water partition coefficient (Wildman–Crippen LogP) is 5.97. The van der Waals surface area contributed by atoms with Gasteiger partial charge in [0.05, 0.1) is 0 Å². The molecule has 0 fully saturated rings. The van der Waals surface area contributed by atoms with Crippen molar-refractivity contribution in [2.45, 2.75) is 116 Å². The Labute approximate surface area is 139 Å². The Kier molecular flexibility index (Phi) is 15.6. The summed E-state index contributed by atoms with van der Waals surface area (Å²) in [6.45, 7) is 6.93. The van der Waals surface area contributed by atoms with Crippen LogP contribution in [0.25, 0.3) is 0 Å². The van der Waals surface area contributed by atoms with Gasteiger partial charge in [0, 0.05) is 0 Å². The van der Waals surface area contributed by atoms with E-state index in [0.29, 0.717) is 0 Å². The largest absolute Gasteiger partial charge is 0.463 e. The van der Waals surface area contributed by atoms with Crippen molar-refractivity contribution in [1.29, 1.82) is 0 Å². The van der Waals surface area contributed by atoms with E-state index < -0.39 is 8.32 Å². The summed E-state index contributed by atoms with van der Waals surface area (Å²) in [5.41, 5.74) is 0. The third-order valence-electron chi connectivity index (χ3n) is 4.89. The predicted molar refractivity (Wildman–Crippen MR) is 104 cm³/mol. The Hall–Kier alpha value is 0.394. The Morgan fingerprint density at radius 2 is 0.905 bits per heavy atom. The van der Waals surface area contributed by atoms with E-state index in [-0.39, 0.29) is 0 Å². The molecule has 128 valence electrons. The molecule has 3 heteroatoms. The lowest BCUT2D eigenvalue weighted by Gasteiger charge is -2.31. The van der Waals surface area contributed by atoms with Gasteiger partial charge in [-0.05, 0) is 18.1 Å². The highest BCUT2D eigenvalue weighted by Gasteiger charge is 2.31. The van der Waals surface area contributed by atoms with Gasteiger partial charge in [0.1, 0.15) is 10.5 Å². The normalized spacial score (nSPS) is 12.1.